The van der Waals surface area contributed by atoms with E-state index in [1.807, 2.05) is 6.07 Å². The quantitative estimate of drug-likeness (QED) is 0.817. The standard InChI is InChI=1S/C19H19ClN4O3/c1-27-19(26)17-16(22)12(10-21)11-24(17)15-6-5-13(20)9-14(15)18(25)23-7-3-2-4-8-23/h5-6,9,11H,2-4,7-8,22H2,1H3. The van der Waals surface area contributed by atoms with Gasteiger partial charge in [-0.2, -0.15) is 5.26 Å². The van der Waals surface area contributed by atoms with Crippen molar-refractivity contribution in [1.29, 1.82) is 5.26 Å². The smallest absolute Gasteiger partial charge is 0.357 e. The van der Waals surface area contributed by atoms with Crippen molar-refractivity contribution >= 4 is 29.2 Å². The number of anilines is 1. The first-order chi connectivity index (χ1) is 13.0. The van der Waals surface area contributed by atoms with Gasteiger partial charge in [0.2, 0.25) is 0 Å². The van der Waals surface area contributed by atoms with Crippen LogP contribution in [0, 0.1) is 11.3 Å². The van der Waals surface area contributed by atoms with Gasteiger partial charge in [0, 0.05) is 24.3 Å². The number of hydrogen-bond acceptors (Lipinski definition) is 5. The Kier molecular flexibility index (Phi) is 5.38. The Morgan fingerprint density at radius 2 is 1.96 bits per heavy atom. The fraction of sp³-hybridized carbons (Fsp3) is 0.316. The molecule has 1 fully saturated rings. The van der Waals surface area contributed by atoms with Crippen LogP contribution in [0.15, 0.2) is 24.4 Å². The van der Waals surface area contributed by atoms with Crippen LogP contribution in [-0.2, 0) is 4.74 Å². The molecule has 1 saturated heterocycles. The molecule has 140 valence electrons. The Bertz CT molecular complexity index is 939. The molecule has 3 rings (SSSR count). The first-order valence-corrected chi connectivity index (χ1v) is 8.94. The molecule has 1 aliphatic rings. The Labute approximate surface area is 161 Å². The number of nitrogens with two attached hydrogens (primary N) is 1. The number of esters is 1. The molecule has 1 aromatic carbocycles. The predicted molar refractivity (Wildman–Crippen MR) is 101 cm³/mol. The van der Waals surface area contributed by atoms with Gasteiger partial charge in [-0.3, -0.25) is 4.79 Å². The number of rotatable bonds is 3. The Morgan fingerprint density at radius 1 is 1.26 bits per heavy atom. The Balaban J connectivity index is 2.17. The van der Waals surface area contributed by atoms with E-state index in [0.717, 1.165) is 19.3 Å². The van der Waals surface area contributed by atoms with Gasteiger partial charge in [-0.05, 0) is 37.5 Å². The number of amides is 1. The Hall–Kier alpha value is -2.98. The molecule has 2 aromatic rings. The lowest BCUT2D eigenvalue weighted by Crippen LogP contribution is -2.36. The fourth-order valence-electron chi connectivity index (χ4n) is 3.26. The number of nitriles is 1. The minimum absolute atomic E-state index is 0.00377. The van der Waals surface area contributed by atoms with Crippen molar-refractivity contribution in [3.63, 3.8) is 0 Å². The number of piperidine rings is 1. The summed E-state index contributed by atoms with van der Waals surface area (Å²) in [5, 5.41) is 9.69. The molecular weight excluding hydrogens is 368 g/mol. The van der Waals surface area contributed by atoms with E-state index in [2.05, 4.69) is 0 Å². The molecule has 1 amide bonds. The largest absolute Gasteiger partial charge is 0.464 e. The number of benzene rings is 1. The van der Waals surface area contributed by atoms with Crippen LogP contribution in [0.4, 0.5) is 5.69 Å². The van der Waals surface area contributed by atoms with Gasteiger partial charge in [-0.25, -0.2) is 4.79 Å². The van der Waals surface area contributed by atoms with Crippen LogP contribution in [0.5, 0.6) is 0 Å². The third-order valence-electron chi connectivity index (χ3n) is 4.64. The van der Waals surface area contributed by atoms with E-state index >= 15 is 0 Å². The van der Waals surface area contributed by atoms with Crippen molar-refractivity contribution in [2.45, 2.75) is 19.3 Å². The number of methoxy groups -OCH3 is 1. The summed E-state index contributed by atoms with van der Waals surface area (Å²) in [4.78, 5) is 27.1. The first-order valence-electron chi connectivity index (χ1n) is 8.56. The molecule has 0 spiro atoms. The van der Waals surface area contributed by atoms with Gasteiger partial charge in [0.15, 0.2) is 5.69 Å². The first kappa shape index (κ1) is 18.8. The van der Waals surface area contributed by atoms with Crippen molar-refractivity contribution in [2.75, 3.05) is 25.9 Å². The maximum absolute atomic E-state index is 13.1. The summed E-state index contributed by atoms with van der Waals surface area (Å²) in [6, 6.07) is 6.77. The molecule has 0 saturated carbocycles. The van der Waals surface area contributed by atoms with Crippen LogP contribution in [0.3, 0.4) is 0 Å². The van der Waals surface area contributed by atoms with Crippen LogP contribution in [0.25, 0.3) is 5.69 Å². The number of nitrogens with zero attached hydrogens (tertiary/aromatic N) is 3. The highest BCUT2D eigenvalue weighted by molar-refractivity contribution is 6.31. The molecular formula is C19H19ClN4O3. The van der Waals surface area contributed by atoms with Gasteiger partial charge in [0.05, 0.1) is 29.6 Å². The number of likely N-dealkylation sites (tertiary alicyclic amines) is 1. The molecule has 7 nitrogen and oxygen atoms in total. The van der Waals surface area contributed by atoms with Crippen molar-refractivity contribution in [3.05, 3.63) is 46.2 Å². The van der Waals surface area contributed by atoms with Gasteiger partial charge < -0.3 is 19.9 Å². The number of carbonyl (C=O) groups is 2. The van der Waals surface area contributed by atoms with Crippen molar-refractivity contribution in [3.8, 4) is 11.8 Å². The van der Waals surface area contributed by atoms with Gasteiger partial charge >= 0.3 is 5.97 Å². The molecule has 27 heavy (non-hydrogen) atoms. The van der Waals surface area contributed by atoms with E-state index in [1.54, 1.807) is 23.1 Å². The van der Waals surface area contributed by atoms with E-state index in [4.69, 9.17) is 22.1 Å². The third kappa shape index (κ3) is 3.49. The highest BCUT2D eigenvalue weighted by atomic mass is 35.5. The second kappa shape index (κ2) is 7.72. The minimum atomic E-state index is -0.694. The second-order valence-electron chi connectivity index (χ2n) is 6.29. The number of ether oxygens (including phenoxy) is 1. The van der Waals surface area contributed by atoms with Gasteiger partial charge in [-0.15, -0.1) is 0 Å². The van der Waals surface area contributed by atoms with Crippen molar-refractivity contribution < 1.29 is 14.3 Å². The summed E-state index contributed by atoms with van der Waals surface area (Å²) in [6.07, 6.45) is 4.42. The summed E-state index contributed by atoms with van der Waals surface area (Å²) in [6.45, 7) is 1.35. The molecule has 0 unspecified atom stereocenters. The number of nitrogen functional groups attached to an aromatic ring is 1. The molecule has 2 N–H and O–H groups in total. The number of aromatic nitrogens is 1. The zero-order valence-corrected chi connectivity index (χ0v) is 15.6. The highest BCUT2D eigenvalue weighted by Gasteiger charge is 2.26. The molecule has 1 aliphatic heterocycles. The monoisotopic (exact) mass is 386 g/mol. The molecule has 0 atom stereocenters. The zero-order chi connectivity index (χ0) is 19.6. The van der Waals surface area contributed by atoms with Crippen LogP contribution in [-0.4, -0.2) is 41.5 Å². The minimum Gasteiger partial charge on any atom is -0.464 e. The van der Waals surface area contributed by atoms with E-state index in [0.29, 0.717) is 29.4 Å². The normalized spacial score (nSPS) is 13.9. The average molecular weight is 387 g/mol. The Morgan fingerprint density at radius 3 is 2.59 bits per heavy atom. The predicted octanol–water partition coefficient (Wildman–Crippen LogP) is 3.00. The lowest BCUT2D eigenvalue weighted by atomic mass is 10.1. The SMILES string of the molecule is COC(=O)c1c(N)c(C#N)cn1-c1ccc(Cl)cc1C(=O)N1CCCCC1. The van der Waals surface area contributed by atoms with Gasteiger partial charge in [-0.1, -0.05) is 11.6 Å². The van der Waals surface area contributed by atoms with E-state index in [9.17, 15) is 14.9 Å². The lowest BCUT2D eigenvalue weighted by molar-refractivity contribution is 0.0591. The number of carbonyl (C=O) groups excluding carboxylic acids is 2. The topological polar surface area (TPSA) is 101 Å². The van der Waals surface area contributed by atoms with Gasteiger partial charge in [0.25, 0.3) is 5.91 Å². The second-order valence-corrected chi connectivity index (χ2v) is 6.73. The summed E-state index contributed by atoms with van der Waals surface area (Å²) in [7, 11) is 1.23. The molecule has 2 heterocycles. The summed E-state index contributed by atoms with van der Waals surface area (Å²) in [5.74, 6) is -0.867. The third-order valence-corrected chi connectivity index (χ3v) is 4.87. The van der Waals surface area contributed by atoms with Crippen LogP contribution in [0.2, 0.25) is 5.02 Å². The van der Waals surface area contributed by atoms with Crippen LogP contribution in [0.1, 0.15) is 45.7 Å². The molecule has 0 bridgehead atoms. The molecule has 1 aromatic heterocycles. The summed E-state index contributed by atoms with van der Waals surface area (Å²) in [5.41, 5.74) is 6.86. The maximum atomic E-state index is 13.1. The van der Waals surface area contributed by atoms with E-state index < -0.39 is 5.97 Å². The van der Waals surface area contributed by atoms with Crippen molar-refractivity contribution in [2.24, 2.45) is 0 Å². The molecule has 0 radical (unpaired) electrons. The summed E-state index contributed by atoms with van der Waals surface area (Å²) < 4.78 is 6.23. The zero-order valence-electron chi connectivity index (χ0n) is 14.9. The number of hydrogen-bond donors (Lipinski definition) is 1. The average Bonchev–Trinajstić information content (AvgIpc) is 3.03. The van der Waals surface area contributed by atoms with Crippen LogP contribution >= 0.6 is 11.6 Å². The lowest BCUT2D eigenvalue weighted by Gasteiger charge is -2.27. The maximum Gasteiger partial charge on any atom is 0.357 e. The summed E-state index contributed by atoms with van der Waals surface area (Å²) >= 11 is 6.13. The number of halogens is 1. The molecule has 0 aliphatic carbocycles. The van der Waals surface area contributed by atoms with E-state index in [1.165, 1.54) is 17.9 Å². The van der Waals surface area contributed by atoms with Crippen molar-refractivity contribution in [1.82, 2.24) is 9.47 Å². The van der Waals surface area contributed by atoms with Crippen LogP contribution < -0.4 is 5.73 Å². The molecule has 8 heteroatoms. The highest BCUT2D eigenvalue weighted by Crippen LogP contribution is 2.29. The van der Waals surface area contributed by atoms with E-state index in [-0.39, 0.29) is 22.9 Å². The van der Waals surface area contributed by atoms with Gasteiger partial charge in [0.1, 0.15) is 6.07 Å². The fourth-order valence-corrected chi connectivity index (χ4v) is 3.43.